The van der Waals surface area contributed by atoms with Crippen molar-refractivity contribution in [3.8, 4) is 0 Å². The van der Waals surface area contributed by atoms with Crippen molar-refractivity contribution in [2.75, 3.05) is 6.61 Å². The van der Waals surface area contributed by atoms with Crippen molar-refractivity contribution in [3.63, 3.8) is 0 Å². The fourth-order valence-corrected chi connectivity index (χ4v) is 5.08. The monoisotopic (exact) mass is 604 g/mol. The zero-order valence-electron chi connectivity index (χ0n) is 28.1. The van der Waals surface area contributed by atoms with Crippen LogP contribution in [0.15, 0.2) is 48.6 Å². The van der Waals surface area contributed by atoms with Gasteiger partial charge in [-0.15, -0.1) is 0 Å². The molecule has 5 nitrogen and oxygen atoms in total. The number of aliphatic hydroxyl groups is 3. The Morgan fingerprint density at radius 2 is 1.07 bits per heavy atom. The van der Waals surface area contributed by atoms with Crippen molar-refractivity contribution in [2.24, 2.45) is 0 Å². The molecule has 0 aliphatic heterocycles. The lowest BCUT2D eigenvalue weighted by Gasteiger charge is -2.20. The molecule has 1 amide bonds. The van der Waals surface area contributed by atoms with Gasteiger partial charge in [0.1, 0.15) is 0 Å². The number of allylic oxidation sites excluding steroid dienone is 7. The molecule has 0 saturated heterocycles. The summed E-state index contributed by atoms with van der Waals surface area (Å²) < 4.78 is 0. The van der Waals surface area contributed by atoms with Gasteiger partial charge in [0, 0.05) is 0 Å². The molecule has 4 N–H and O–H groups in total. The molecule has 0 rings (SSSR count). The zero-order chi connectivity index (χ0) is 31.6. The summed E-state index contributed by atoms with van der Waals surface area (Å²) in [6.07, 6.45) is 41.0. The fraction of sp³-hybridized carbons (Fsp3) is 0.763. The lowest BCUT2D eigenvalue weighted by molar-refractivity contribution is -0.124. The molecule has 0 aromatic heterocycles. The number of hydrogen-bond acceptors (Lipinski definition) is 4. The van der Waals surface area contributed by atoms with Crippen LogP contribution in [0.25, 0.3) is 0 Å². The summed E-state index contributed by atoms with van der Waals surface area (Å²) in [5, 5.41) is 32.9. The molecule has 3 unspecified atom stereocenters. The number of amides is 1. The minimum Gasteiger partial charge on any atom is -0.394 e. The molecule has 0 aliphatic carbocycles. The molecule has 3 atom stereocenters. The Kier molecular flexibility index (Phi) is 31.9. The Hall–Kier alpha value is -1.69. The third-order valence-electron chi connectivity index (χ3n) is 7.83. The molecule has 0 bridgehead atoms. The molecule has 0 saturated carbocycles. The van der Waals surface area contributed by atoms with E-state index in [4.69, 9.17) is 0 Å². The Bertz CT molecular complexity index is 715. The summed E-state index contributed by atoms with van der Waals surface area (Å²) in [6, 6.07) is -0.768. The largest absolute Gasteiger partial charge is 0.394 e. The normalized spacial score (nSPS) is 14.4. The first kappa shape index (κ1) is 41.3. The Balaban J connectivity index is 3.76. The molecule has 0 aliphatic rings. The number of aliphatic hydroxyl groups excluding tert-OH is 3. The van der Waals surface area contributed by atoms with Gasteiger partial charge in [0.15, 0.2) is 0 Å². The van der Waals surface area contributed by atoms with E-state index in [2.05, 4.69) is 55.6 Å². The average Bonchev–Trinajstić information content (AvgIpc) is 3.00. The second-order valence-electron chi connectivity index (χ2n) is 12.1. The quantitative estimate of drug-likeness (QED) is 0.0469. The molecule has 250 valence electrons. The number of carbonyl (C=O) groups is 1. The van der Waals surface area contributed by atoms with Crippen LogP contribution in [0, 0.1) is 0 Å². The van der Waals surface area contributed by atoms with Gasteiger partial charge in [0.05, 0.1) is 31.3 Å². The van der Waals surface area contributed by atoms with Gasteiger partial charge in [-0.2, -0.15) is 0 Å². The van der Waals surface area contributed by atoms with E-state index < -0.39 is 18.2 Å². The molecule has 5 heteroatoms. The van der Waals surface area contributed by atoms with Crippen molar-refractivity contribution in [1.29, 1.82) is 0 Å². The summed E-state index contributed by atoms with van der Waals surface area (Å²) in [5.41, 5.74) is 0. The van der Waals surface area contributed by atoms with Gasteiger partial charge in [0.2, 0.25) is 5.91 Å². The molecule has 0 spiro atoms. The molecule has 0 heterocycles. The molecular weight excluding hydrogens is 534 g/mol. The number of unbranched alkanes of at least 4 members (excludes halogenated alkanes) is 16. The van der Waals surface area contributed by atoms with Crippen LogP contribution < -0.4 is 5.32 Å². The highest BCUT2D eigenvalue weighted by molar-refractivity contribution is 5.76. The highest BCUT2D eigenvalue weighted by Crippen LogP contribution is 2.13. The van der Waals surface area contributed by atoms with Gasteiger partial charge in [-0.25, -0.2) is 0 Å². The van der Waals surface area contributed by atoms with Crippen LogP contribution in [0.5, 0.6) is 0 Å². The number of carbonyl (C=O) groups excluding carboxylic acids is 1. The first-order chi connectivity index (χ1) is 21.0. The number of hydrogen-bond donors (Lipinski definition) is 4. The van der Waals surface area contributed by atoms with Gasteiger partial charge < -0.3 is 20.6 Å². The van der Waals surface area contributed by atoms with E-state index in [1.54, 1.807) is 6.08 Å². The van der Waals surface area contributed by atoms with E-state index in [9.17, 15) is 20.1 Å². The lowest BCUT2D eigenvalue weighted by Crippen LogP contribution is -2.45. The van der Waals surface area contributed by atoms with Gasteiger partial charge in [-0.1, -0.05) is 140 Å². The first-order valence-electron chi connectivity index (χ1n) is 17.9. The summed E-state index contributed by atoms with van der Waals surface area (Å²) in [5.74, 6) is -0.340. The topological polar surface area (TPSA) is 89.8 Å². The molecule has 0 radical (unpaired) electrons. The van der Waals surface area contributed by atoms with Crippen LogP contribution in [0.1, 0.15) is 162 Å². The third-order valence-corrected chi connectivity index (χ3v) is 7.83. The highest BCUT2D eigenvalue weighted by Gasteiger charge is 2.20. The maximum absolute atomic E-state index is 12.3. The van der Waals surface area contributed by atoms with Crippen molar-refractivity contribution in [1.82, 2.24) is 5.32 Å². The summed E-state index contributed by atoms with van der Waals surface area (Å²) >= 11 is 0. The van der Waals surface area contributed by atoms with Gasteiger partial charge >= 0.3 is 0 Å². The molecule has 0 aromatic rings. The number of nitrogens with one attached hydrogen (secondary N) is 1. The highest BCUT2D eigenvalue weighted by atomic mass is 16.3. The first-order valence-corrected chi connectivity index (χ1v) is 17.9. The third kappa shape index (κ3) is 30.1. The molecule has 43 heavy (non-hydrogen) atoms. The SMILES string of the molecule is CC/C=C/CC/C=C/CC/C=C/C(O)C(CO)NC(=O)CC(O)CCCCCCC/C=C\CCCCCCCCCCC. The second-order valence-corrected chi connectivity index (χ2v) is 12.1. The van der Waals surface area contributed by atoms with Crippen molar-refractivity contribution >= 4 is 5.91 Å². The Morgan fingerprint density at radius 3 is 1.60 bits per heavy atom. The predicted molar refractivity (Wildman–Crippen MR) is 185 cm³/mol. The zero-order valence-corrected chi connectivity index (χ0v) is 28.1. The smallest absolute Gasteiger partial charge is 0.222 e. The van der Waals surface area contributed by atoms with E-state index in [-0.39, 0.29) is 18.9 Å². The van der Waals surface area contributed by atoms with E-state index in [1.807, 2.05) is 6.08 Å². The molecule has 0 aromatic carbocycles. The number of rotatable bonds is 31. The van der Waals surface area contributed by atoms with Crippen molar-refractivity contribution in [2.45, 2.75) is 180 Å². The summed E-state index contributed by atoms with van der Waals surface area (Å²) in [4.78, 5) is 12.3. The minimum atomic E-state index is -0.959. The standard InChI is InChI=1S/C38H69NO4/c1-3-5-7-9-11-13-15-16-17-18-19-20-21-22-23-25-27-29-31-35(41)33-38(43)39-36(34-40)37(42)32-30-28-26-24-14-12-10-8-6-4-2/h6,8,14,19-20,24,30,32,35-37,40-42H,3-5,7,9-13,15-18,21-23,25-29,31,33-34H2,1-2H3,(H,39,43)/b8-6+,20-19-,24-14+,32-30+. The van der Waals surface area contributed by atoms with E-state index in [0.717, 1.165) is 57.8 Å². The minimum absolute atomic E-state index is 0.00503. The van der Waals surface area contributed by atoms with Crippen LogP contribution in [0.2, 0.25) is 0 Å². The van der Waals surface area contributed by atoms with E-state index in [1.165, 1.54) is 77.0 Å². The van der Waals surface area contributed by atoms with E-state index >= 15 is 0 Å². The van der Waals surface area contributed by atoms with Gasteiger partial charge in [-0.3, -0.25) is 4.79 Å². The lowest BCUT2D eigenvalue weighted by atomic mass is 10.0. The maximum atomic E-state index is 12.3. The van der Waals surface area contributed by atoms with Crippen molar-refractivity contribution < 1.29 is 20.1 Å². The van der Waals surface area contributed by atoms with Crippen LogP contribution >= 0.6 is 0 Å². The van der Waals surface area contributed by atoms with Crippen LogP contribution in [-0.4, -0.2) is 46.1 Å². The van der Waals surface area contributed by atoms with Crippen LogP contribution in [-0.2, 0) is 4.79 Å². The average molecular weight is 604 g/mol. The van der Waals surface area contributed by atoms with Gasteiger partial charge in [-0.05, 0) is 64.2 Å². The van der Waals surface area contributed by atoms with Gasteiger partial charge in [0.25, 0.3) is 0 Å². The van der Waals surface area contributed by atoms with Crippen LogP contribution in [0.3, 0.4) is 0 Å². The van der Waals surface area contributed by atoms with Crippen molar-refractivity contribution in [3.05, 3.63) is 48.6 Å². The molecular formula is C38H69NO4. The van der Waals surface area contributed by atoms with Crippen LogP contribution in [0.4, 0.5) is 0 Å². The Morgan fingerprint density at radius 1 is 0.605 bits per heavy atom. The molecule has 0 fully saturated rings. The second kappa shape index (κ2) is 33.2. The maximum Gasteiger partial charge on any atom is 0.222 e. The predicted octanol–water partition coefficient (Wildman–Crippen LogP) is 9.42. The van der Waals surface area contributed by atoms with E-state index in [0.29, 0.717) is 6.42 Å². The summed E-state index contributed by atoms with van der Waals surface area (Å²) in [7, 11) is 0. The summed E-state index contributed by atoms with van der Waals surface area (Å²) in [6.45, 7) is 4.05. The fourth-order valence-electron chi connectivity index (χ4n) is 5.08. The Labute approximate surface area is 266 Å².